The highest BCUT2D eigenvalue weighted by atomic mass is 16.5. The van der Waals surface area contributed by atoms with Crippen molar-refractivity contribution < 1.29 is 9.53 Å². The number of hydrogen-bond acceptors (Lipinski definition) is 5. The number of carbonyl (C=O) groups excluding carboxylic acids is 1. The van der Waals surface area contributed by atoms with Crippen LogP contribution < -0.4 is 10.6 Å². The molecule has 1 aliphatic heterocycles. The number of anilines is 1. The van der Waals surface area contributed by atoms with Crippen molar-refractivity contribution in [3.8, 4) is 0 Å². The smallest absolute Gasteiger partial charge is 0.269 e. The number of pyridine rings is 1. The van der Waals surface area contributed by atoms with Crippen molar-refractivity contribution in [2.75, 3.05) is 51.3 Å². The molecule has 6 heteroatoms. The quantitative estimate of drug-likeness (QED) is 0.784. The number of carbonyl (C=O) groups is 1. The third kappa shape index (κ3) is 5.32. The van der Waals surface area contributed by atoms with Crippen LogP contribution in [0.1, 0.15) is 23.8 Å². The summed E-state index contributed by atoms with van der Waals surface area (Å²) in [5.41, 5.74) is 1.40. The van der Waals surface area contributed by atoms with Crippen LogP contribution in [0, 0.1) is 0 Å². The molecule has 0 radical (unpaired) electrons. The van der Waals surface area contributed by atoms with Gasteiger partial charge in [-0.05, 0) is 18.6 Å². The van der Waals surface area contributed by atoms with E-state index < -0.39 is 0 Å². The van der Waals surface area contributed by atoms with Crippen molar-refractivity contribution in [2.45, 2.75) is 13.3 Å². The average Bonchev–Trinajstić information content (AvgIpc) is 2.54. The first kappa shape index (κ1) is 15.7. The number of nitrogens with zero attached hydrogens (tertiary/aromatic N) is 2. The summed E-state index contributed by atoms with van der Waals surface area (Å²) in [7, 11) is 0. The first-order valence-electron chi connectivity index (χ1n) is 7.58. The number of ether oxygens (including phenoxy) is 1. The van der Waals surface area contributed by atoms with Crippen molar-refractivity contribution in [1.82, 2.24) is 15.2 Å². The van der Waals surface area contributed by atoms with Crippen molar-refractivity contribution in [3.63, 3.8) is 0 Å². The van der Waals surface area contributed by atoms with Crippen LogP contribution in [-0.4, -0.2) is 61.7 Å². The van der Waals surface area contributed by atoms with Crippen LogP contribution in [0.4, 0.5) is 5.69 Å². The molecule has 21 heavy (non-hydrogen) atoms. The second-order valence-electron chi connectivity index (χ2n) is 5.07. The molecule has 0 atom stereocenters. The van der Waals surface area contributed by atoms with E-state index in [1.165, 1.54) is 0 Å². The van der Waals surface area contributed by atoms with Gasteiger partial charge in [0.1, 0.15) is 5.69 Å². The zero-order valence-electron chi connectivity index (χ0n) is 12.6. The molecular weight excluding hydrogens is 268 g/mol. The Morgan fingerprint density at radius 3 is 2.81 bits per heavy atom. The van der Waals surface area contributed by atoms with Gasteiger partial charge < -0.3 is 15.4 Å². The van der Waals surface area contributed by atoms with Crippen molar-refractivity contribution in [2.24, 2.45) is 0 Å². The number of amides is 1. The summed E-state index contributed by atoms with van der Waals surface area (Å²) in [6.07, 6.45) is 2.76. The van der Waals surface area contributed by atoms with Gasteiger partial charge in [-0.2, -0.15) is 0 Å². The van der Waals surface area contributed by atoms with Crippen LogP contribution in [0.25, 0.3) is 0 Å². The van der Waals surface area contributed by atoms with Crippen LogP contribution in [0.3, 0.4) is 0 Å². The van der Waals surface area contributed by atoms with Gasteiger partial charge in [-0.1, -0.05) is 6.92 Å². The Bertz CT molecular complexity index is 430. The summed E-state index contributed by atoms with van der Waals surface area (Å²) in [5, 5.41) is 6.14. The highest BCUT2D eigenvalue weighted by Gasteiger charge is 2.11. The maximum Gasteiger partial charge on any atom is 0.269 e. The van der Waals surface area contributed by atoms with Gasteiger partial charge in [-0.3, -0.25) is 9.69 Å². The van der Waals surface area contributed by atoms with E-state index in [1.807, 2.05) is 6.07 Å². The summed E-state index contributed by atoms with van der Waals surface area (Å²) in [6, 6.07) is 3.64. The van der Waals surface area contributed by atoms with Crippen LogP contribution in [-0.2, 0) is 4.74 Å². The fourth-order valence-corrected chi connectivity index (χ4v) is 2.14. The number of rotatable bonds is 7. The topological polar surface area (TPSA) is 66.5 Å². The van der Waals surface area contributed by atoms with E-state index in [-0.39, 0.29) is 5.91 Å². The Hall–Kier alpha value is -1.66. The summed E-state index contributed by atoms with van der Waals surface area (Å²) >= 11 is 0. The molecule has 0 aromatic carbocycles. The lowest BCUT2D eigenvalue weighted by atomic mass is 10.3. The van der Waals surface area contributed by atoms with Crippen LogP contribution in [0.5, 0.6) is 0 Å². The average molecular weight is 292 g/mol. The van der Waals surface area contributed by atoms with Crippen molar-refractivity contribution in [1.29, 1.82) is 0 Å². The van der Waals surface area contributed by atoms with Crippen molar-refractivity contribution in [3.05, 3.63) is 24.0 Å². The first-order valence-corrected chi connectivity index (χ1v) is 7.58. The third-order valence-corrected chi connectivity index (χ3v) is 3.39. The van der Waals surface area contributed by atoms with Gasteiger partial charge in [-0.15, -0.1) is 0 Å². The van der Waals surface area contributed by atoms with E-state index in [0.717, 1.165) is 51.5 Å². The minimum Gasteiger partial charge on any atom is -0.384 e. The fourth-order valence-electron chi connectivity index (χ4n) is 2.14. The Morgan fingerprint density at radius 2 is 2.14 bits per heavy atom. The molecule has 2 rings (SSSR count). The van der Waals surface area contributed by atoms with E-state index in [9.17, 15) is 4.79 Å². The molecule has 0 saturated carbocycles. The summed E-state index contributed by atoms with van der Waals surface area (Å²) in [6.45, 7) is 7.94. The molecule has 1 aromatic rings. The normalized spacial score (nSPS) is 15.7. The molecule has 0 spiro atoms. The largest absolute Gasteiger partial charge is 0.384 e. The maximum atomic E-state index is 12.0. The summed E-state index contributed by atoms with van der Waals surface area (Å²) in [5.74, 6) is -0.120. The number of aromatic nitrogens is 1. The monoisotopic (exact) mass is 292 g/mol. The predicted molar refractivity (Wildman–Crippen MR) is 82.6 cm³/mol. The van der Waals surface area contributed by atoms with Crippen molar-refractivity contribution >= 4 is 11.6 Å². The van der Waals surface area contributed by atoms with Crippen LogP contribution >= 0.6 is 0 Å². The van der Waals surface area contributed by atoms with E-state index in [1.54, 1.807) is 12.3 Å². The molecule has 0 unspecified atom stereocenters. The number of hydrogen-bond donors (Lipinski definition) is 2. The second-order valence-corrected chi connectivity index (χ2v) is 5.07. The standard InChI is InChI=1S/C15H24N4O2/c1-2-5-16-13-3-4-14(18-12-13)15(20)17-6-7-19-8-10-21-11-9-19/h3-4,12,16H,2,5-11H2,1H3,(H,17,20). The number of morpholine rings is 1. The first-order chi connectivity index (χ1) is 10.3. The van der Waals surface area contributed by atoms with Gasteiger partial charge in [0.2, 0.25) is 0 Å². The van der Waals surface area contributed by atoms with E-state index in [0.29, 0.717) is 12.2 Å². The second kappa shape index (κ2) is 8.59. The van der Waals surface area contributed by atoms with Gasteiger partial charge >= 0.3 is 0 Å². The zero-order chi connectivity index (χ0) is 14.9. The SMILES string of the molecule is CCCNc1ccc(C(=O)NCCN2CCOCC2)nc1. The summed E-state index contributed by atoms with van der Waals surface area (Å²) in [4.78, 5) is 18.4. The molecule has 2 N–H and O–H groups in total. The number of nitrogens with one attached hydrogen (secondary N) is 2. The molecule has 6 nitrogen and oxygen atoms in total. The fraction of sp³-hybridized carbons (Fsp3) is 0.600. The Labute approximate surface area is 125 Å². The Kier molecular flexibility index (Phi) is 6.43. The molecule has 2 heterocycles. The van der Waals surface area contributed by atoms with Crippen LogP contribution in [0.15, 0.2) is 18.3 Å². The van der Waals surface area contributed by atoms with Gasteiger partial charge in [0.25, 0.3) is 5.91 Å². The molecule has 1 aliphatic rings. The minimum absolute atomic E-state index is 0.120. The molecule has 1 amide bonds. The minimum atomic E-state index is -0.120. The molecule has 0 aliphatic carbocycles. The maximum absolute atomic E-state index is 12.0. The third-order valence-electron chi connectivity index (χ3n) is 3.39. The van der Waals surface area contributed by atoms with Crippen LogP contribution in [0.2, 0.25) is 0 Å². The molecule has 1 fully saturated rings. The molecule has 1 aromatic heterocycles. The molecule has 116 valence electrons. The Balaban J connectivity index is 1.72. The highest BCUT2D eigenvalue weighted by Crippen LogP contribution is 2.06. The lowest BCUT2D eigenvalue weighted by Gasteiger charge is -2.26. The Morgan fingerprint density at radius 1 is 1.33 bits per heavy atom. The van der Waals surface area contributed by atoms with E-state index in [2.05, 4.69) is 27.4 Å². The van der Waals surface area contributed by atoms with E-state index >= 15 is 0 Å². The summed E-state index contributed by atoms with van der Waals surface area (Å²) < 4.78 is 5.29. The zero-order valence-corrected chi connectivity index (χ0v) is 12.6. The molecule has 1 saturated heterocycles. The van der Waals surface area contributed by atoms with Gasteiger partial charge in [0.05, 0.1) is 25.1 Å². The molecular formula is C15H24N4O2. The van der Waals surface area contributed by atoms with Gasteiger partial charge in [0, 0.05) is 32.7 Å². The van der Waals surface area contributed by atoms with Gasteiger partial charge in [0.15, 0.2) is 0 Å². The lowest BCUT2D eigenvalue weighted by molar-refractivity contribution is 0.0383. The van der Waals surface area contributed by atoms with Gasteiger partial charge in [-0.25, -0.2) is 4.98 Å². The lowest BCUT2D eigenvalue weighted by Crippen LogP contribution is -2.41. The van der Waals surface area contributed by atoms with E-state index in [4.69, 9.17) is 4.74 Å². The molecule has 0 bridgehead atoms. The predicted octanol–water partition coefficient (Wildman–Crippen LogP) is 0.966. The highest BCUT2D eigenvalue weighted by molar-refractivity contribution is 5.92.